The average Bonchev–Trinajstić information content (AvgIpc) is 3.14. The number of anilines is 1. The molecule has 8 heteroatoms. The van der Waals surface area contributed by atoms with Crippen molar-refractivity contribution in [3.63, 3.8) is 0 Å². The number of rotatable bonds is 6. The van der Waals surface area contributed by atoms with Crippen molar-refractivity contribution in [2.45, 2.75) is 25.9 Å². The van der Waals surface area contributed by atoms with Gasteiger partial charge in [-0.15, -0.1) is 24.0 Å². The van der Waals surface area contributed by atoms with Gasteiger partial charge in [-0.1, -0.05) is 12.1 Å². The van der Waals surface area contributed by atoms with Crippen molar-refractivity contribution >= 4 is 41.5 Å². The van der Waals surface area contributed by atoms with Gasteiger partial charge in [0.15, 0.2) is 5.96 Å². The standard InChI is InChI=1S/C20H25N5O2.HI/c1-21-20(24-14-16-9-10-22-18(12-16)27-2)23-13-15-5-7-17(8-6-15)25-11-3-4-19(25)26;/h5-10,12H,3-4,11,13-14H2,1-2H3,(H2,21,23,24);1H. The van der Waals surface area contributed by atoms with E-state index in [1.807, 2.05) is 41.3 Å². The summed E-state index contributed by atoms with van der Waals surface area (Å²) >= 11 is 0. The van der Waals surface area contributed by atoms with Gasteiger partial charge in [0.25, 0.3) is 0 Å². The van der Waals surface area contributed by atoms with Gasteiger partial charge in [0.05, 0.1) is 7.11 Å². The van der Waals surface area contributed by atoms with Crippen molar-refractivity contribution in [1.82, 2.24) is 15.6 Å². The number of hydrogen-bond acceptors (Lipinski definition) is 4. The van der Waals surface area contributed by atoms with Crippen LogP contribution < -0.4 is 20.3 Å². The summed E-state index contributed by atoms with van der Waals surface area (Å²) in [6.07, 6.45) is 3.31. The molecule has 150 valence electrons. The zero-order valence-corrected chi connectivity index (χ0v) is 18.5. The second-order valence-corrected chi connectivity index (χ2v) is 6.30. The number of carbonyl (C=O) groups excluding carboxylic acids is 1. The molecule has 0 saturated carbocycles. The molecule has 0 aliphatic carbocycles. The molecule has 1 aromatic heterocycles. The normalized spacial score (nSPS) is 13.9. The molecule has 0 unspecified atom stereocenters. The molecule has 3 rings (SSSR count). The van der Waals surface area contributed by atoms with Gasteiger partial charge >= 0.3 is 0 Å². The fourth-order valence-electron chi connectivity index (χ4n) is 2.98. The quantitative estimate of drug-likeness (QED) is 0.366. The van der Waals surface area contributed by atoms with Crippen molar-refractivity contribution in [3.8, 4) is 5.88 Å². The average molecular weight is 495 g/mol. The van der Waals surface area contributed by atoms with Crippen molar-refractivity contribution in [2.75, 3.05) is 25.6 Å². The summed E-state index contributed by atoms with van der Waals surface area (Å²) in [4.78, 5) is 22.0. The van der Waals surface area contributed by atoms with Crippen LogP contribution in [0, 0.1) is 0 Å². The largest absolute Gasteiger partial charge is 0.481 e. The predicted molar refractivity (Wildman–Crippen MR) is 121 cm³/mol. The molecular weight excluding hydrogens is 469 g/mol. The highest BCUT2D eigenvalue weighted by Gasteiger charge is 2.21. The molecule has 28 heavy (non-hydrogen) atoms. The number of benzene rings is 1. The SMILES string of the molecule is CN=C(NCc1ccc(N2CCCC2=O)cc1)NCc1ccnc(OC)c1.I. The first-order chi connectivity index (χ1) is 13.2. The number of carbonyl (C=O) groups is 1. The molecule has 1 fully saturated rings. The summed E-state index contributed by atoms with van der Waals surface area (Å²) < 4.78 is 5.14. The van der Waals surface area contributed by atoms with E-state index in [1.54, 1.807) is 20.4 Å². The van der Waals surface area contributed by atoms with Gasteiger partial charge in [0.1, 0.15) is 0 Å². The third-order valence-corrected chi connectivity index (χ3v) is 4.47. The molecule has 1 aliphatic heterocycles. The smallest absolute Gasteiger partial charge is 0.227 e. The molecule has 1 amide bonds. The van der Waals surface area contributed by atoms with Crippen molar-refractivity contribution in [3.05, 3.63) is 53.7 Å². The second-order valence-electron chi connectivity index (χ2n) is 6.30. The molecule has 2 heterocycles. The van der Waals surface area contributed by atoms with E-state index in [4.69, 9.17) is 4.74 Å². The van der Waals surface area contributed by atoms with E-state index in [9.17, 15) is 4.79 Å². The molecular formula is C20H26IN5O2. The molecule has 2 aromatic rings. The van der Waals surface area contributed by atoms with E-state index in [0.29, 0.717) is 31.3 Å². The molecule has 1 saturated heterocycles. The maximum Gasteiger partial charge on any atom is 0.227 e. The van der Waals surface area contributed by atoms with Crippen LogP contribution in [0.2, 0.25) is 0 Å². The van der Waals surface area contributed by atoms with Gasteiger partial charge in [0, 0.05) is 51.1 Å². The third-order valence-electron chi connectivity index (χ3n) is 4.47. The first-order valence-electron chi connectivity index (χ1n) is 9.02. The van der Waals surface area contributed by atoms with Crippen LogP contribution in [0.1, 0.15) is 24.0 Å². The molecule has 0 bridgehead atoms. The number of nitrogens with zero attached hydrogens (tertiary/aromatic N) is 3. The number of aliphatic imine (C=N–C) groups is 1. The second kappa shape index (κ2) is 10.8. The van der Waals surface area contributed by atoms with Crippen molar-refractivity contribution in [1.29, 1.82) is 0 Å². The van der Waals surface area contributed by atoms with E-state index in [2.05, 4.69) is 20.6 Å². The Bertz CT molecular complexity index is 810. The van der Waals surface area contributed by atoms with Gasteiger partial charge in [-0.3, -0.25) is 9.79 Å². The molecule has 7 nitrogen and oxygen atoms in total. The van der Waals surface area contributed by atoms with Gasteiger partial charge in [0.2, 0.25) is 11.8 Å². The van der Waals surface area contributed by atoms with Gasteiger partial charge in [-0.2, -0.15) is 0 Å². The Morgan fingerprint density at radius 1 is 1.18 bits per heavy atom. The molecule has 1 aromatic carbocycles. The van der Waals surface area contributed by atoms with E-state index in [-0.39, 0.29) is 29.9 Å². The Morgan fingerprint density at radius 2 is 1.89 bits per heavy atom. The number of methoxy groups -OCH3 is 1. The number of aromatic nitrogens is 1. The third kappa shape index (κ3) is 5.82. The summed E-state index contributed by atoms with van der Waals surface area (Å²) in [7, 11) is 3.34. The minimum absolute atomic E-state index is 0. The number of guanidine groups is 1. The highest BCUT2D eigenvalue weighted by atomic mass is 127. The number of amides is 1. The Balaban J connectivity index is 0.00000280. The Labute approximate surface area is 182 Å². The fourth-order valence-corrected chi connectivity index (χ4v) is 2.98. The lowest BCUT2D eigenvalue weighted by atomic mass is 10.2. The molecule has 0 spiro atoms. The Kier molecular flexibility index (Phi) is 8.49. The number of hydrogen-bond donors (Lipinski definition) is 2. The minimum atomic E-state index is 0. The van der Waals surface area contributed by atoms with Crippen molar-refractivity contribution in [2.24, 2.45) is 4.99 Å². The van der Waals surface area contributed by atoms with Crippen LogP contribution >= 0.6 is 24.0 Å². The van der Waals surface area contributed by atoms with Crippen LogP contribution in [0.4, 0.5) is 5.69 Å². The van der Waals surface area contributed by atoms with E-state index < -0.39 is 0 Å². The summed E-state index contributed by atoms with van der Waals surface area (Å²) in [5.74, 6) is 1.51. The van der Waals surface area contributed by atoms with E-state index in [1.165, 1.54) is 0 Å². The Morgan fingerprint density at radius 3 is 2.50 bits per heavy atom. The highest BCUT2D eigenvalue weighted by molar-refractivity contribution is 14.0. The Hall–Kier alpha value is -2.36. The first kappa shape index (κ1) is 21.9. The van der Waals surface area contributed by atoms with E-state index in [0.717, 1.165) is 29.8 Å². The maximum atomic E-state index is 11.8. The van der Waals surface area contributed by atoms with Crippen LogP contribution in [-0.4, -0.2) is 37.6 Å². The van der Waals surface area contributed by atoms with Crippen LogP contribution in [0.3, 0.4) is 0 Å². The lowest BCUT2D eigenvalue weighted by molar-refractivity contribution is -0.117. The molecule has 1 aliphatic rings. The summed E-state index contributed by atoms with van der Waals surface area (Å²) in [5.41, 5.74) is 3.15. The predicted octanol–water partition coefficient (Wildman–Crippen LogP) is 2.70. The lowest BCUT2D eigenvalue weighted by Crippen LogP contribution is -2.36. The maximum absolute atomic E-state index is 11.8. The highest BCUT2D eigenvalue weighted by Crippen LogP contribution is 2.21. The fraction of sp³-hybridized carbons (Fsp3) is 0.350. The molecule has 0 atom stereocenters. The topological polar surface area (TPSA) is 78.9 Å². The molecule has 0 radical (unpaired) electrons. The van der Waals surface area contributed by atoms with Gasteiger partial charge in [-0.05, 0) is 35.7 Å². The molecule has 2 N–H and O–H groups in total. The zero-order valence-electron chi connectivity index (χ0n) is 16.1. The summed E-state index contributed by atoms with van der Waals surface area (Å²) in [6.45, 7) is 2.08. The van der Waals surface area contributed by atoms with E-state index >= 15 is 0 Å². The van der Waals surface area contributed by atoms with Gasteiger partial charge in [-0.25, -0.2) is 4.98 Å². The number of ether oxygens (including phenoxy) is 1. The van der Waals surface area contributed by atoms with Crippen molar-refractivity contribution < 1.29 is 9.53 Å². The van der Waals surface area contributed by atoms with Crippen LogP contribution in [-0.2, 0) is 17.9 Å². The zero-order chi connectivity index (χ0) is 19.1. The van der Waals surface area contributed by atoms with Gasteiger partial charge < -0.3 is 20.3 Å². The number of halogens is 1. The number of nitrogens with one attached hydrogen (secondary N) is 2. The van der Waals surface area contributed by atoms with Crippen LogP contribution in [0.25, 0.3) is 0 Å². The minimum Gasteiger partial charge on any atom is -0.481 e. The summed E-state index contributed by atoms with van der Waals surface area (Å²) in [5, 5.41) is 6.57. The monoisotopic (exact) mass is 495 g/mol. The lowest BCUT2D eigenvalue weighted by Gasteiger charge is -2.16. The first-order valence-corrected chi connectivity index (χ1v) is 9.02. The summed E-state index contributed by atoms with van der Waals surface area (Å²) in [6, 6.07) is 11.9. The van der Waals surface area contributed by atoms with Crippen LogP contribution in [0.15, 0.2) is 47.6 Å². The van der Waals surface area contributed by atoms with Crippen LogP contribution in [0.5, 0.6) is 5.88 Å². The number of pyridine rings is 1.